The first-order valence-corrected chi connectivity index (χ1v) is 7.16. The van der Waals surface area contributed by atoms with Crippen molar-refractivity contribution in [1.29, 1.82) is 0 Å². The van der Waals surface area contributed by atoms with Gasteiger partial charge >= 0.3 is 0 Å². The lowest BCUT2D eigenvalue weighted by Gasteiger charge is -2.22. The van der Waals surface area contributed by atoms with Gasteiger partial charge in [-0.3, -0.25) is 14.4 Å². The fraction of sp³-hybridized carbons (Fsp3) is 0.786. The number of carbonyl (C=O) groups is 3. The third kappa shape index (κ3) is 6.04. The minimum Gasteiger partial charge on any atom is -0.368 e. The first-order valence-electron chi connectivity index (χ1n) is 7.16. The fourth-order valence-electron chi connectivity index (χ4n) is 2.15. The van der Waals surface area contributed by atoms with Crippen LogP contribution in [0.1, 0.15) is 46.5 Å². The quantitative estimate of drug-likeness (QED) is 0.597. The largest absolute Gasteiger partial charge is 0.368 e. The van der Waals surface area contributed by atoms with Gasteiger partial charge < -0.3 is 16.4 Å². The Hall–Kier alpha value is -1.59. The molecule has 0 heterocycles. The first-order chi connectivity index (χ1) is 9.29. The standard InChI is InChI=1S/C14H25N3O3/c1-8(2)6-12(16-9(3)18)14(20)17-11(13(15)19)7-10-4-5-10/h8,10-12H,4-7H2,1-3H3,(H2,15,19)(H,16,18)(H,17,20)/t11-,12+/m1/s1. The summed E-state index contributed by atoms with van der Waals surface area (Å²) in [5.41, 5.74) is 5.32. The molecule has 6 heteroatoms. The zero-order valence-electron chi connectivity index (χ0n) is 12.4. The molecule has 2 atom stereocenters. The van der Waals surface area contributed by atoms with Crippen molar-refractivity contribution in [3.05, 3.63) is 0 Å². The predicted octanol–water partition coefficient (Wildman–Crippen LogP) is 0.307. The molecule has 1 fully saturated rings. The molecule has 0 aliphatic heterocycles. The molecule has 0 aromatic heterocycles. The van der Waals surface area contributed by atoms with Crippen LogP contribution in [0.3, 0.4) is 0 Å². The van der Waals surface area contributed by atoms with Crippen LogP contribution in [0.5, 0.6) is 0 Å². The van der Waals surface area contributed by atoms with E-state index < -0.39 is 18.0 Å². The van der Waals surface area contributed by atoms with E-state index in [1.807, 2.05) is 13.8 Å². The Kier molecular flexibility index (Phi) is 5.98. The molecule has 1 aliphatic carbocycles. The first kappa shape index (κ1) is 16.5. The van der Waals surface area contributed by atoms with Crippen LogP contribution in [0.25, 0.3) is 0 Å². The zero-order chi connectivity index (χ0) is 15.3. The van der Waals surface area contributed by atoms with Crippen molar-refractivity contribution in [2.75, 3.05) is 0 Å². The van der Waals surface area contributed by atoms with Gasteiger partial charge in [-0.15, -0.1) is 0 Å². The average Bonchev–Trinajstić information content (AvgIpc) is 3.09. The second-order valence-corrected chi connectivity index (χ2v) is 6.03. The second kappa shape index (κ2) is 7.26. The Morgan fingerprint density at radius 2 is 1.75 bits per heavy atom. The van der Waals surface area contributed by atoms with E-state index in [-0.39, 0.29) is 17.7 Å². The molecule has 0 aromatic rings. The number of nitrogens with two attached hydrogens (primary N) is 1. The Morgan fingerprint density at radius 3 is 2.15 bits per heavy atom. The van der Waals surface area contributed by atoms with Crippen LogP contribution in [0.2, 0.25) is 0 Å². The fourth-order valence-corrected chi connectivity index (χ4v) is 2.15. The van der Waals surface area contributed by atoms with Gasteiger partial charge in [0.25, 0.3) is 0 Å². The van der Waals surface area contributed by atoms with E-state index in [0.29, 0.717) is 18.8 Å². The van der Waals surface area contributed by atoms with E-state index in [2.05, 4.69) is 10.6 Å². The van der Waals surface area contributed by atoms with Crippen molar-refractivity contribution in [2.45, 2.75) is 58.5 Å². The summed E-state index contributed by atoms with van der Waals surface area (Å²) in [6.07, 6.45) is 3.29. The van der Waals surface area contributed by atoms with E-state index in [4.69, 9.17) is 5.73 Å². The second-order valence-electron chi connectivity index (χ2n) is 6.03. The maximum absolute atomic E-state index is 12.2. The lowest BCUT2D eigenvalue weighted by molar-refractivity contribution is -0.131. The summed E-state index contributed by atoms with van der Waals surface area (Å²) in [6, 6.07) is -1.26. The summed E-state index contributed by atoms with van der Waals surface area (Å²) in [5.74, 6) is -0.372. The molecular formula is C14H25N3O3. The maximum atomic E-state index is 12.2. The zero-order valence-corrected chi connectivity index (χ0v) is 12.4. The van der Waals surface area contributed by atoms with E-state index in [1.165, 1.54) is 6.92 Å². The number of carbonyl (C=O) groups excluding carboxylic acids is 3. The van der Waals surface area contributed by atoms with Gasteiger partial charge in [-0.25, -0.2) is 0 Å². The summed E-state index contributed by atoms with van der Waals surface area (Å²) in [4.78, 5) is 34.7. The molecule has 6 nitrogen and oxygen atoms in total. The Labute approximate surface area is 119 Å². The van der Waals surface area contributed by atoms with E-state index in [9.17, 15) is 14.4 Å². The van der Waals surface area contributed by atoms with Gasteiger partial charge in [0.15, 0.2) is 0 Å². The lowest BCUT2D eigenvalue weighted by atomic mass is 10.0. The van der Waals surface area contributed by atoms with Gasteiger partial charge in [0, 0.05) is 6.92 Å². The molecular weight excluding hydrogens is 258 g/mol. The number of primary amides is 1. The van der Waals surface area contributed by atoms with Crippen molar-refractivity contribution < 1.29 is 14.4 Å². The Bertz CT molecular complexity index is 378. The van der Waals surface area contributed by atoms with Gasteiger partial charge in [-0.05, 0) is 24.7 Å². The molecule has 0 bridgehead atoms. The number of rotatable bonds is 8. The Balaban J connectivity index is 2.60. The minimum atomic E-state index is -0.640. The van der Waals surface area contributed by atoms with Crippen LogP contribution in [-0.4, -0.2) is 29.8 Å². The van der Waals surface area contributed by atoms with Gasteiger partial charge in [-0.1, -0.05) is 26.7 Å². The molecule has 0 spiro atoms. The average molecular weight is 283 g/mol. The molecule has 0 saturated heterocycles. The molecule has 0 unspecified atom stereocenters. The van der Waals surface area contributed by atoms with Crippen molar-refractivity contribution in [2.24, 2.45) is 17.6 Å². The highest BCUT2D eigenvalue weighted by Crippen LogP contribution is 2.33. The summed E-state index contributed by atoms with van der Waals surface area (Å²) in [7, 11) is 0. The third-order valence-corrected chi connectivity index (χ3v) is 3.33. The van der Waals surface area contributed by atoms with Gasteiger partial charge in [-0.2, -0.15) is 0 Å². The molecule has 3 amide bonds. The smallest absolute Gasteiger partial charge is 0.243 e. The number of amides is 3. The van der Waals surface area contributed by atoms with Crippen LogP contribution >= 0.6 is 0 Å². The summed E-state index contributed by atoms with van der Waals surface area (Å²) in [6.45, 7) is 5.31. The number of hydrogen-bond donors (Lipinski definition) is 3. The highest BCUT2D eigenvalue weighted by Gasteiger charge is 2.31. The maximum Gasteiger partial charge on any atom is 0.243 e. The minimum absolute atomic E-state index is 0.257. The normalized spacial score (nSPS) is 17.4. The topological polar surface area (TPSA) is 101 Å². The molecule has 0 aromatic carbocycles. The monoisotopic (exact) mass is 283 g/mol. The van der Waals surface area contributed by atoms with Gasteiger partial charge in [0.2, 0.25) is 17.7 Å². The number of hydrogen-bond acceptors (Lipinski definition) is 3. The van der Waals surface area contributed by atoms with E-state index >= 15 is 0 Å². The van der Waals surface area contributed by atoms with Crippen molar-refractivity contribution in [1.82, 2.24) is 10.6 Å². The molecule has 20 heavy (non-hydrogen) atoms. The lowest BCUT2D eigenvalue weighted by Crippen LogP contribution is -2.53. The molecule has 114 valence electrons. The van der Waals surface area contributed by atoms with Crippen molar-refractivity contribution >= 4 is 17.7 Å². The highest BCUT2D eigenvalue weighted by molar-refractivity contribution is 5.91. The van der Waals surface area contributed by atoms with Gasteiger partial charge in [0.05, 0.1) is 0 Å². The van der Waals surface area contributed by atoms with Crippen molar-refractivity contribution in [3.8, 4) is 0 Å². The highest BCUT2D eigenvalue weighted by atomic mass is 16.2. The number of nitrogens with one attached hydrogen (secondary N) is 2. The molecule has 1 rings (SSSR count). The van der Waals surface area contributed by atoms with Crippen LogP contribution < -0.4 is 16.4 Å². The van der Waals surface area contributed by atoms with E-state index in [1.54, 1.807) is 0 Å². The van der Waals surface area contributed by atoms with Crippen LogP contribution in [0.15, 0.2) is 0 Å². The van der Waals surface area contributed by atoms with Crippen LogP contribution in [0, 0.1) is 11.8 Å². The SMILES string of the molecule is CC(=O)N[C@@H](CC(C)C)C(=O)N[C@H](CC1CC1)C(N)=O. The Morgan fingerprint density at radius 1 is 1.15 bits per heavy atom. The van der Waals surface area contributed by atoms with Crippen LogP contribution in [0.4, 0.5) is 0 Å². The van der Waals surface area contributed by atoms with E-state index in [0.717, 1.165) is 12.8 Å². The molecule has 4 N–H and O–H groups in total. The van der Waals surface area contributed by atoms with Crippen molar-refractivity contribution in [3.63, 3.8) is 0 Å². The van der Waals surface area contributed by atoms with Gasteiger partial charge in [0.1, 0.15) is 12.1 Å². The predicted molar refractivity (Wildman–Crippen MR) is 75.5 cm³/mol. The van der Waals surface area contributed by atoms with Crippen LogP contribution in [-0.2, 0) is 14.4 Å². The molecule has 0 radical (unpaired) electrons. The molecule has 1 aliphatic rings. The third-order valence-electron chi connectivity index (χ3n) is 3.33. The molecule has 1 saturated carbocycles. The summed E-state index contributed by atoms with van der Waals surface area (Å²) >= 11 is 0. The summed E-state index contributed by atoms with van der Waals surface area (Å²) in [5, 5.41) is 5.29. The summed E-state index contributed by atoms with van der Waals surface area (Å²) < 4.78 is 0.